The maximum Gasteiger partial charge on any atom is 0.124 e. The Kier molecular flexibility index (Phi) is 2.80. The second kappa shape index (κ2) is 5.11. The summed E-state index contributed by atoms with van der Waals surface area (Å²) in [6, 6.07) is 32.9. The Morgan fingerprint density at radius 1 is 0.519 bits per heavy atom. The SMILES string of the molecule is COc1cccc2c1C1(c3ccccc3-c3ccccc31)c1ccccc1-2. The van der Waals surface area contributed by atoms with Crippen molar-refractivity contribution in [2.24, 2.45) is 0 Å². The zero-order chi connectivity index (χ0) is 18.0. The molecule has 0 heterocycles. The molecule has 0 fully saturated rings. The standard InChI is InChI=1S/C26H18O/c1-27-24-16-8-12-20-19-11-4-7-15-23(19)26(25(20)24)21-13-5-2-9-17(21)18-10-3-6-14-22(18)26/h2-16H,1H3. The van der Waals surface area contributed by atoms with Crippen molar-refractivity contribution in [2.45, 2.75) is 5.41 Å². The van der Waals surface area contributed by atoms with E-state index in [1.54, 1.807) is 7.11 Å². The minimum Gasteiger partial charge on any atom is -0.496 e. The number of hydrogen-bond acceptors (Lipinski definition) is 1. The summed E-state index contributed by atoms with van der Waals surface area (Å²) in [5, 5.41) is 0. The molecule has 0 aliphatic heterocycles. The number of benzene rings is 4. The van der Waals surface area contributed by atoms with E-state index in [2.05, 4.69) is 91.0 Å². The molecule has 0 aromatic heterocycles. The molecule has 128 valence electrons. The van der Waals surface area contributed by atoms with E-state index in [1.807, 2.05) is 0 Å². The predicted molar refractivity (Wildman–Crippen MR) is 109 cm³/mol. The molecule has 0 atom stereocenters. The Morgan fingerprint density at radius 3 is 1.48 bits per heavy atom. The molecule has 0 radical (unpaired) electrons. The van der Waals surface area contributed by atoms with Gasteiger partial charge in [-0.2, -0.15) is 0 Å². The van der Waals surface area contributed by atoms with Crippen LogP contribution in [0.3, 0.4) is 0 Å². The molecule has 0 bridgehead atoms. The molecule has 0 amide bonds. The normalized spacial score (nSPS) is 14.4. The van der Waals surface area contributed by atoms with Crippen LogP contribution in [0.1, 0.15) is 22.3 Å². The number of fused-ring (bicyclic) bond motifs is 10. The van der Waals surface area contributed by atoms with Crippen molar-refractivity contribution in [2.75, 3.05) is 7.11 Å². The van der Waals surface area contributed by atoms with Crippen molar-refractivity contribution in [1.82, 2.24) is 0 Å². The summed E-state index contributed by atoms with van der Waals surface area (Å²) in [7, 11) is 1.78. The maximum atomic E-state index is 5.91. The van der Waals surface area contributed by atoms with Gasteiger partial charge in [0.2, 0.25) is 0 Å². The molecule has 1 heteroatoms. The quantitative estimate of drug-likeness (QED) is 0.353. The lowest BCUT2D eigenvalue weighted by Crippen LogP contribution is -2.26. The van der Waals surface area contributed by atoms with Crippen molar-refractivity contribution < 1.29 is 4.74 Å². The topological polar surface area (TPSA) is 9.23 Å². The van der Waals surface area contributed by atoms with Crippen LogP contribution in [0.5, 0.6) is 5.75 Å². The highest BCUT2D eigenvalue weighted by Gasteiger charge is 2.52. The molecule has 0 unspecified atom stereocenters. The fraction of sp³-hybridized carbons (Fsp3) is 0.0769. The maximum absolute atomic E-state index is 5.91. The molecule has 2 aliphatic carbocycles. The largest absolute Gasteiger partial charge is 0.496 e. The van der Waals surface area contributed by atoms with Crippen LogP contribution in [0.15, 0.2) is 91.0 Å². The molecular formula is C26H18O. The molecule has 1 spiro atoms. The third-order valence-electron chi connectivity index (χ3n) is 6.19. The number of rotatable bonds is 1. The molecule has 2 aliphatic rings. The average molecular weight is 346 g/mol. The van der Waals surface area contributed by atoms with E-state index in [9.17, 15) is 0 Å². The van der Waals surface area contributed by atoms with Gasteiger partial charge in [-0.1, -0.05) is 84.9 Å². The van der Waals surface area contributed by atoms with E-state index in [4.69, 9.17) is 4.74 Å². The monoisotopic (exact) mass is 346 g/mol. The Bertz CT molecular complexity index is 1150. The van der Waals surface area contributed by atoms with Crippen molar-refractivity contribution in [3.63, 3.8) is 0 Å². The molecule has 0 N–H and O–H groups in total. The van der Waals surface area contributed by atoms with Gasteiger partial charge < -0.3 is 4.74 Å². The van der Waals surface area contributed by atoms with Gasteiger partial charge in [-0.25, -0.2) is 0 Å². The molecule has 27 heavy (non-hydrogen) atoms. The predicted octanol–water partition coefficient (Wildman–Crippen LogP) is 6.04. The Morgan fingerprint density at radius 2 is 0.963 bits per heavy atom. The van der Waals surface area contributed by atoms with Crippen LogP contribution in [0.4, 0.5) is 0 Å². The van der Waals surface area contributed by atoms with Gasteiger partial charge in [-0.15, -0.1) is 0 Å². The van der Waals surface area contributed by atoms with Gasteiger partial charge in [0.15, 0.2) is 0 Å². The van der Waals surface area contributed by atoms with Gasteiger partial charge in [0.05, 0.1) is 12.5 Å². The summed E-state index contributed by atoms with van der Waals surface area (Å²) in [6.45, 7) is 0. The van der Waals surface area contributed by atoms with E-state index in [1.165, 1.54) is 44.5 Å². The molecule has 1 nitrogen and oxygen atoms in total. The first-order valence-corrected chi connectivity index (χ1v) is 9.34. The first-order valence-electron chi connectivity index (χ1n) is 9.34. The molecule has 0 saturated heterocycles. The average Bonchev–Trinajstić information content (AvgIpc) is 3.21. The summed E-state index contributed by atoms with van der Waals surface area (Å²) >= 11 is 0. The third kappa shape index (κ3) is 1.61. The van der Waals surface area contributed by atoms with Crippen molar-refractivity contribution in [3.05, 3.63) is 113 Å². The summed E-state index contributed by atoms with van der Waals surface area (Å²) in [6.07, 6.45) is 0. The van der Waals surface area contributed by atoms with Gasteiger partial charge in [0, 0.05) is 5.56 Å². The zero-order valence-corrected chi connectivity index (χ0v) is 15.1. The zero-order valence-electron chi connectivity index (χ0n) is 15.1. The van der Waals surface area contributed by atoms with E-state index in [0.29, 0.717) is 0 Å². The fourth-order valence-corrected chi connectivity index (χ4v) is 5.29. The minimum atomic E-state index is -0.314. The highest BCUT2D eigenvalue weighted by molar-refractivity contribution is 5.96. The summed E-state index contributed by atoms with van der Waals surface area (Å²) in [4.78, 5) is 0. The lowest BCUT2D eigenvalue weighted by Gasteiger charge is -2.31. The van der Waals surface area contributed by atoms with Gasteiger partial charge in [0.25, 0.3) is 0 Å². The van der Waals surface area contributed by atoms with E-state index in [0.717, 1.165) is 5.75 Å². The molecule has 4 aromatic carbocycles. The lowest BCUT2D eigenvalue weighted by molar-refractivity contribution is 0.406. The smallest absolute Gasteiger partial charge is 0.124 e. The van der Waals surface area contributed by atoms with Crippen LogP contribution in [0.2, 0.25) is 0 Å². The number of ether oxygens (including phenoxy) is 1. The van der Waals surface area contributed by atoms with Gasteiger partial charge in [0.1, 0.15) is 5.75 Å². The Labute approximate surface area is 158 Å². The van der Waals surface area contributed by atoms with Crippen LogP contribution in [-0.4, -0.2) is 7.11 Å². The summed E-state index contributed by atoms with van der Waals surface area (Å²) < 4.78 is 5.91. The second-order valence-electron chi connectivity index (χ2n) is 7.27. The van der Waals surface area contributed by atoms with E-state index >= 15 is 0 Å². The highest BCUT2D eigenvalue weighted by atomic mass is 16.5. The fourth-order valence-electron chi connectivity index (χ4n) is 5.29. The van der Waals surface area contributed by atoms with E-state index in [-0.39, 0.29) is 5.41 Å². The first kappa shape index (κ1) is 14.8. The van der Waals surface area contributed by atoms with Crippen LogP contribution in [0.25, 0.3) is 22.3 Å². The highest BCUT2D eigenvalue weighted by Crippen LogP contribution is 2.64. The summed E-state index contributed by atoms with van der Waals surface area (Å²) in [5.74, 6) is 0.954. The number of hydrogen-bond donors (Lipinski definition) is 0. The molecular weight excluding hydrogens is 328 g/mol. The minimum absolute atomic E-state index is 0.314. The summed E-state index contributed by atoms with van der Waals surface area (Å²) in [5.41, 5.74) is 10.2. The van der Waals surface area contributed by atoms with Crippen LogP contribution >= 0.6 is 0 Å². The second-order valence-corrected chi connectivity index (χ2v) is 7.27. The van der Waals surface area contributed by atoms with Gasteiger partial charge >= 0.3 is 0 Å². The first-order chi connectivity index (χ1) is 13.4. The van der Waals surface area contributed by atoms with Crippen LogP contribution in [-0.2, 0) is 5.41 Å². The van der Waals surface area contributed by atoms with Crippen LogP contribution < -0.4 is 4.74 Å². The third-order valence-corrected chi connectivity index (χ3v) is 6.19. The van der Waals surface area contributed by atoms with Crippen molar-refractivity contribution >= 4 is 0 Å². The lowest BCUT2D eigenvalue weighted by atomic mass is 9.70. The molecule has 4 aromatic rings. The number of methoxy groups -OCH3 is 1. The van der Waals surface area contributed by atoms with Crippen molar-refractivity contribution in [1.29, 1.82) is 0 Å². The van der Waals surface area contributed by atoms with Gasteiger partial charge in [-0.05, 0) is 45.0 Å². The van der Waals surface area contributed by atoms with Crippen LogP contribution in [0, 0.1) is 0 Å². The molecule has 6 rings (SSSR count). The van der Waals surface area contributed by atoms with Gasteiger partial charge in [-0.3, -0.25) is 0 Å². The molecule has 0 saturated carbocycles. The Hall–Kier alpha value is -3.32. The van der Waals surface area contributed by atoms with E-state index < -0.39 is 0 Å². The van der Waals surface area contributed by atoms with Crippen molar-refractivity contribution in [3.8, 4) is 28.0 Å². The Balaban J connectivity index is 1.89.